The van der Waals surface area contributed by atoms with E-state index in [0.717, 1.165) is 49.3 Å². The van der Waals surface area contributed by atoms with Crippen molar-refractivity contribution in [2.45, 2.75) is 38.8 Å². The van der Waals surface area contributed by atoms with Crippen LogP contribution in [0.4, 0.5) is 5.82 Å². The van der Waals surface area contributed by atoms with Crippen molar-refractivity contribution in [2.75, 3.05) is 24.5 Å². The molecule has 2 bridgehead atoms. The van der Waals surface area contributed by atoms with Gasteiger partial charge in [0.15, 0.2) is 0 Å². The number of piperidine rings is 1. The monoisotopic (exact) mass is 360 g/mol. The summed E-state index contributed by atoms with van der Waals surface area (Å²) in [6, 6.07) is 0.529. The van der Waals surface area contributed by atoms with E-state index in [0.29, 0.717) is 12.0 Å². The minimum atomic E-state index is 0.529. The topological polar surface area (TPSA) is 50.1 Å². The molecule has 3 saturated heterocycles. The second-order valence-electron chi connectivity index (χ2n) is 7.19. The Morgan fingerprint density at radius 3 is 2.84 bits per heavy atom. The van der Waals surface area contributed by atoms with E-state index < -0.39 is 0 Å². The Morgan fingerprint density at radius 2 is 2.08 bits per heavy atom. The lowest BCUT2D eigenvalue weighted by Gasteiger charge is -2.36. The predicted molar refractivity (Wildman–Crippen MR) is 98.8 cm³/mol. The van der Waals surface area contributed by atoms with Gasteiger partial charge in [0.2, 0.25) is 0 Å². The highest BCUT2D eigenvalue weighted by molar-refractivity contribution is 6.30. The SMILES string of the molecule is CCc1nn(C)c(Cl)c1CN1C[C@H]2CC[C@@H]1CN(c1cnccn1)C2. The van der Waals surface area contributed by atoms with E-state index in [2.05, 4.69) is 31.8 Å². The average molecular weight is 361 g/mol. The van der Waals surface area contributed by atoms with E-state index in [1.807, 2.05) is 13.2 Å². The van der Waals surface area contributed by atoms with Crippen LogP contribution in [0.25, 0.3) is 0 Å². The highest BCUT2D eigenvalue weighted by Gasteiger charge is 2.36. The van der Waals surface area contributed by atoms with E-state index >= 15 is 0 Å². The minimum absolute atomic E-state index is 0.529. The van der Waals surface area contributed by atoms with Gasteiger partial charge in [-0.1, -0.05) is 18.5 Å². The van der Waals surface area contributed by atoms with Crippen molar-refractivity contribution in [3.8, 4) is 0 Å². The molecule has 6 nitrogen and oxygen atoms in total. The van der Waals surface area contributed by atoms with Gasteiger partial charge in [-0.3, -0.25) is 14.6 Å². The molecule has 0 N–H and O–H groups in total. The van der Waals surface area contributed by atoms with E-state index in [4.69, 9.17) is 11.6 Å². The first-order valence-electron chi connectivity index (χ1n) is 9.11. The Labute approximate surface area is 153 Å². The number of hydrogen-bond acceptors (Lipinski definition) is 5. The van der Waals surface area contributed by atoms with Gasteiger partial charge in [-0.15, -0.1) is 0 Å². The third kappa shape index (κ3) is 3.25. The summed E-state index contributed by atoms with van der Waals surface area (Å²) in [4.78, 5) is 13.8. The molecule has 0 unspecified atom stereocenters. The Hall–Kier alpha value is -1.66. The van der Waals surface area contributed by atoms with Crippen molar-refractivity contribution in [2.24, 2.45) is 13.0 Å². The van der Waals surface area contributed by atoms with Crippen LogP contribution in [0.15, 0.2) is 18.6 Å². The quantitative estimate of drug-likeness (QED) is 0.838. The third-order valence-corrected chi connectivity index (χ3v) is 6.02. The lowest BCUT2D eigenvalue weighted by Crippen LogP contribution is -2.43. The molecule has 5 rings (SSSR count). The van der Waals surface area contributed by atoms with Crippen LogP contribution in [0.3, 0.4) is 0 Å². The largest absolute Gasteiger partial charge is 0.353 e. The fourth-order valence-corrected chi connectivity index (χ4v) is 4.46. The molecule has 3 aliphatic heterocycles. The van der Waals surface area contributed by atoms with Crippen LogP contribution in [0, 0.1) is 5.92 Å². The zero-order valence-corrected chi connectivity index (χ0v) is 15.7. The van der Waals surface area contributed by atoms with Gasteiger partial charge in [0.25, 0.3) is 0 Å². The van der Waals surface area contributed by atoms with Gasteiger partial charge in [-0.05, 0) is 25.2 Å². The smallest absolute Gasteiger partial charge is 0.147 e. The van der Waals surface area contributed by atoms with Crippen molar-refractivity contribution in [3.63, 3.8) is 0 Å². The van der Waals surface area contributed by atoms with Crippen LogP contribution in [0.5, 0.6) is 0 Å². The maximum Gasteiger partial charge on any atom is 0.147 e. The lowest BCUT2D eigenvalue weighted by atomic mass is 9.94. The Morgan fingerprint density at radius 1 is 1.20 bits per heavy atom. The molecular weight excluding hydrogens is 336 g/mol. The van der Waals surface area contributed by atoms with Gasteiger partial charge in [0.05, 0.1) is 11.9 Å². The standard InChI is InChI=1S/C18H25ClN6/c1-3-16-15(18(19)23(2)22-16)12-24-9-13-4-5-14(24)11-25(10-13)17-8-20-6-7-21-17/h6-8,13-14H,3-5,9-12H2,1-2H3/t13-,14-/m1/s1. The highest BCUT2D eigenvalue weighted by Crippen LogP contribution is 2.32. The maximum atomic E-state index is 6.52. The average Bonchev–Trinajstić information content (AvgIpc) is 2.82. The second kappa shape index (κ2) is 6.92. The Balaban J connectivity index is 1.55. The molecular formula is C18H25ClN6. The number of hydrogen-bond donors (Lipinski definition) is 0. The number of anilines is 1. The highest BCUT2D eigenvalue weighted by atomic mass is 35.5. The summed E-state index contributed by atoms with van der Waals surface area (Å²) in [5.74, 6) is 1.66. The summed E-state index contributed by atoms with van der Waals surface area (Å²) in [5, 5.41) is 5.35. The molecule has 3 aliphatic rings. The van der Waals surface area contributed by atoms with E-state index in [1.54, 1.807) is 17.1 Å². The molecule has 0 spiro atoms. The summed E-state index contributed by atoms with van der Waals surface area (Å²) in [7, 11) is 1.93. The summed E-state index contributed by atoms with van der Waals surface area (Å²) in [5.41, 5.74) is 2.32. The summed E-state index contributed by atoms with van der Waals surface area (Å²) < 4.78 is 1.80. The molecule has 0 aliphatic carbocycles. The van der Waals surface area contributed by atoms with Crippen LogP contribution in [-0.4, -0.2) is 50.3 Å². The van der Waals surface area contributed by atoms with Crippen molar-refractivity contribution in [3.05, 3.63) is 35.0 Å². The summed E-state index contributed by atoms with van der Waals surface area (Å²) in [6.07, 6.45) is 8.84. The van der Waals surface area contributed by atoms with Crippen molar-refractivity contribution in [1.82, 2.24) is 24.6 Å². The summed E-state index contributed by atoms with van der Waals surface area (Å²) in [6.45, 7) is 6.23. The number of nitrogens with zero attached hydrogens (tertiary/aromatic N) is 6. The molecule has 7 heteroatoms. The van der Waals surface area contributed by atoms with Gasteiger partial charge in [0.1, 0.15) is 11.0 Å². The molecule has 3 fully saturated rings. The predicted octanol–water partition coefficient (Wildman–Crippen LogP) is 2.53. The van der Waals surface area contributed by atoms with E-state index in [9.17, 15) is 0 Å². The van der Waals surface area contributed by atoms with Crippen LogP contribution in [0.2, 0.25) is 5.15 Å². The zero-order chi connectivity index (χ0) is 17.4. The maximum absolute atomic E-state index is 6.52. The van der Waals surface area contributed by atoms with Gasteiger partial charge in [-0.25, -0.2) is 4.98 Å². The lowest BCUT2D eigenvalue weighted by molar-refractivity contribution is 0.126. The minimum Gasteiger partial charge on any atom is -0.353 e. The molecule has 134 valence electrons. The molecule has 0 radical (unpaired) electrons. The van der Waals surface area contributed by atoms with Gasteiger partial charge in [-0.2, -0.15) is 5.10 Å². The zero-order valence-electron chi connectivity index (χ0n) is 14.9. The first-order valence-corrected chi connectivity index (χ1v) is 9.48. The molecule has 5 heterocycles. The van der Waals surface area contributed by atoms with Crippen molar-refractivity contribution < 1.29 is 0 Å². The van der Waals surface area contributed by atoms with Gasteiger partial charge < -0.3 is 4.90 Å². The van der Waals surface area contributed by atoms with E-state index in [-0.39, 0.29) is 0 Å². The second-order valence-corrected chi connectivity index (χ2v) is 7.55. The summed E-state index contributed by atoms with van der Waals surface area (Å²) >= 11 is 6.52. The van der Waals surface area contributed by atoms with Gasteiger partial charge >= 0.3 is 0 Å². The molecule has 2 aromatic heterocycles. The number of halogens is 1. The first kappa shape index (κ1) is 16.8. The first-order chi connectivity index (χ1) is 12.2. The molecule has 25 heavy (non-hydrogen) atoms. The van der Waals surface area contributed by atoms with Crippen LogP contribution < -0.4 is 4.90 Å². The van der Waals surface area contributed by atoms with Crippen LogP contribution in [-0.2, 0) is 20.0 Å². The number of fused-ring (bicyclic) bond motifs is 4. The van der Waals surface area contributed by atoms with Crippen molar-refractivity contribution in [1.29, 1.82) is 0 Å². The van der Waals surface area contributed by atoms with Crippen molar-refractivity contribution >= 4 is 17.4 Å². The van der Waals surface area contributed by atoms with Crippen LogP contribution in [0.1, 0.15) is 31.0 Å². The van der Waals surface area contributed by atoms with Crippen LogP contribution >= 0.6 is 11.6 Å². The Kier molecular flexibility index (Phi) is 4.65. The molecule has 0 aromatic carbocycles. The fourth-order valence-electron chi connectivity index (χ4n) is 4.26. The molecule has 2 aromatic rings. The van der Waals surface area contributed by atoms with Gasteiger partial charge in [0, 0.05) is 57.2 Å². The molecule has 0 amide bonds. The normalized spacial score (nSPS) is 23.9. The number of aryl methyl sites for hydroxylation is 2. The molecule has 2 atom stereocenters. The fraction of sp³-hybridized carbons (Fsp3) is 0.611. The van der Waals surface area contributed by atoms with E-state index in [1.165, 1.54) is 18.4 Å². The third-order valence-electron chi connectivity index (χ3n) is 5.55. The molecule has 0 saturated carbocycles. The number of aromatic nitrogens is 4. The Bertz CT molecular complexity index is 731. The number of rotatable bonds is 4.